The van der Waals surface area contributed by atoms with Crippen LogP contribution in [-0.2, 0) is 16.1 Å². The second-order valence-corrected chi connectivity index (χ2v) is 6.62. The Labute approximate surface area is 178 Å². The van der Waals surface area contributed by atoms with Gasteiger partial charge in [0.15, 0.2) is 5.96 Å². The van der Waals surface area contributed by atoms with Gasteiger partial charge in [-0.25, -0.2) is 4.99 Å². The molecule has 1 aromatic rings. The molecule has 7 nitrogen and oxygen atoms in total. The maximum Gasteiger partial charge on any atom is 0.241 e. The van der Waals surface area contributed by atoms with Crippen LogP contribution in [0.4, 0.5) is 0 Å². The van der Waals surface area contributed by atoms with Crippen molar-refractivity contribution in [1.29, 1.82) is 0 Å². The first-order valence-electron chi connectivity index (χ1n) is 9.06. The van der Waals surface area contributed by atoms with Crippen LogP contribution in [-0.4, -0.2) is 67.3 Å². The molecule has 0 spiro atoms. The fourth-order valence-electron chi connectivity index (χ4n) is 2.75. The number of carbonyl (C=O) groups excluding carboxylic acids is 2. The first kappa shape index (κ1) is 23.2. The van der Waals surface area contributed by atoms with E-state index < -0.39 is 0 Å². The van der Waals surface area contributed by atoms with E-state index in [0.29, 0.717) is 25.5 Å². The number of carbonyl (C=O) groups is 2. The quantitative estimate of drug-likeness (QED) is 0.362. The second kappa shape index (κ2) is 11.8. The molecule has 8 heteroatoms. The Morgan fingerprint density at radius 1 is 1.26 bits per heavy atom. The predicted octanol–water partition coefficient (Wildman–Crippen LogP) is 1.44. The minimum absolute atomic E-state index is 0. The third-order valence-corrected chi connectivity index (χ3v) is 4.35. The molecule has 0 bridgehead atoms. The van der Waals surface area contributed by atoms with Crippen LogP contribution in [0, 0.1) is 0 Å². The van der Waals surface area contributed by atoms with Gasteiger partial charge in [-0.15, -0.1) is 24.0 Å². The fraction of sp³-hybridized carbons (Fsp3) is 0.526. The zero-order valence-electron chi connectivity index (χ0n) is 16.3. The molecule has 1 saturated heterocycles. The highest BCUT2D eigenvalue weighted by molar-refractivity contribution is 14.0. The smallest absolute Gasteiger partial charge is 0.241 e. The third kappa shape index (κ3) is 7.74. The van der Waals surface area contributed by atoms with E-state index in [1.807, 2.05) is 42.2 Å². The molecule has 0 saturated carbocycles. The van der Waals surface area contributed by atoms with Gasteiger partial charge in [0.1, 0.15) is 0 Å². The van der Waals surface area contributed by atoms with Crippen LogP contribution in [0.2, 0.25) is 0 Å². The van der Waals surface area contributed by atoms with Crippen molar-refractivity contribution in [3.8, 4) is 0 Å². The molecule has 1 unspecified atom stereocenters. The fourth-order valence-corrected chi connectivity index (χ4v) is 2.75. The van der Waals surface area contributed by atoms with Crippen molar-refractivity contribution in [3.63, 3.8) is 0 Å². The van der Waals surface area contributed by atoms with Crippen LogP contribution in [0.15, 0.2) is 35.3 Å². The molecule has 1 fully saturated rings. The van der Waals surface area contributed by atoms with Gasteiger partial charge in [-0.05, 0) is 12.0 Å². The Morgan fingerprint density at radius 3 is 2.59 bits per heavy atom. The van der Waals surface area contributed by atoms with E-state index >= 15 is 0 Å². The minimum Gasteiger partial charge on any atom is -0.352 e. The Kier molecular flexibility index (Phi) is 10.1. The van der Waals surface area contributed by atoms with Crippen LogP contribution < -0.4 is 10.6 Å². The SMILES string of the molecule is CCC(=O)N1CCC(NC(=NCc2ccccc2)NCC(=O)N(C)C)C1.I. The number of nitrogens with zero attached hydrogens (tertiary/aromatic N) is 3. The van der Waals surface area contributed by atoms with E-state index in [1.165, 1.54) is 0 Å². The number of hydrogen-bond acceptors (Lipinski definition) is 3. The van der Waals surface area contributed by atoms with Crippen molar-refractivity contribution in [3.05, 3.63) is 35.9 Å². The molecule has 1 aliphatic rings. The van der Waals surface area contributed by atoms with Gasteiger partial charge in [0.25, 0.3) is 0 Å². The number of rotatable bonds is 6. The summed E-state index contributed by atoms with van der Waals surface area (Å²) in [6, 6.07) is 10.1. The van der Waals surface area contributed by atoms with E-state index in [2.05, 4.69) is 15.6 Å². The summed E-state index contributed by atoms with van der Waals surface area (Å²) in [6.45, 7) is 4.01. The normalized spacial score (nSPS) is 16.5. The monoisotopic (exact) mass is 487 g/mol. The average Bonchev–Trinajstić information content (AvgIpc) is 3.12. The maximum absolute atomic E-state index is 11.9. The summed E-state index contributed by atoms with van der Waals surface area (Å²) >= 11 is 0. The number of amides is 2. The first-order valence-corrected chi connectivity index (χ1v) is 9.06. The van der Waals surface area contributed by atoms with Crippen molar-refractivity contribution < 1.29 is 9.59 Å². The molecule has 1 atom stereocenters. The molecular formula is C19H30IN5O2. The molecular weight excluding hydrogens is 457 g/mol. The molecule has 0 radical (unpaired) electrons. The molecule has 2 N–H and O–H groups in total. The number of halogens is 1. The topological polar surface area (TPSA) is 77.0 Å². The number of hydrogen-bond donors (Lipinski definition) is 2. The molecule has 1 aromatic carbocycles. The molecule has 27 heavy (non-hydrogen) atoms. The van der Waals surface area contributed by atoms with Crippen LogP contribution in [0.5, 0.6) is 0 Å². The lowest BCUT2D eigenvalue weighted by molar-refractivity contribution is -0.130. The summed E-state index contributed by atoms with van der Waals surface area (Å²) in [5.74, 6) is 0.751. The summed E-state index contributed by atoms with van der Waals surface area (Å²) in [4.78, 5) is 31.7. The van der Waals surface area contributed by atoms with Crippen molar-refractivity contribution >= 4 is 41.8 Å². The molecule has 0 aliphatic carbocycles. The van der Waals surface area contributed by atoms with Crippen molar-refractivity contribution in [2.24, 2.45) is 4.99 Å². The summed E-state index contributed by atoms with van der Waals surface area (Å²) in [5.41, 5.74) is 1.10. The highest BCUT2D eigenvalue weighted by Gasteiger charge is 2.26. The van der Waals surface area contributed by atoms with Crippen LogP contribution in [0.3, 0.4) is 0 Å². The van der Waals surface area contributed by atoms with Gasteiger partial charge in [0.2, 0.25) is 11.8 Å². The molecule has 2 amide bonds. The maximum atomic E-state index is 11.9. The van der Waals surface area contributed by atoms with E-state index in [0.717, 1.165) is 18.5 Å². The summed E-state index contributed by atoms with van der Waals surface area (Å²) in [5, 5.41) is 6.46. The number of guanidine groups is 1. The number of likely N-dealkylation sites (tertiary alicyclic amines) is 1. The average molecular weight is 487 g/mol. The van der Waals surface area contributed by atoms with E-state index in [9.17, 15) is 9.59 Å². The van der Waals surface area contributed by atoms with Crippen LogP contribution in [0.1, 0.15) is 25.3 Å². The number of aliphatic imine (C=N–C) groups is 1. The number of nitrogens with one attached hydrogen (secondary N) is 2. The van der Waals surface area contributed by atoms with Gasteiger partial charge in [0.05, 0.1) is 13.1 Å². The minimum atomic E-state index is -0.0200. The van der Waals surface area contributed by atoms with Crippen LogP contribution >= 0.6 is 24.0 Å². The Morgan fingerprint density at radius 2 is 1.96 bits per heavy atom. The van der Waals surface area contributed by atoms with Crippen LogP contribution in [0.25, 0.3) is 0 Å². The summed E-state index contributed by atoms with van der Waals surface area (Å²) in [6.07, 6.45) is 1.40. The number of likely N-dealkylation sites (N-methyl/N-ethyl adjacent to an activating group) is 1. The lowest BCUT2D eigenvalue weighted by atomic mass is 10.2. The van der Waals surface area contributed by atoms with Gasteiger partial charge in [-0.2, -0.15) is 0 Å². The van der Waals surface area contributed by atoms with Gasteiger partial charge in [-0.3, -0.25) is 9.59 Å². The lowest BCUT2D eigenvalue weighted by Crippen LogP contribution is -2.47. The highest BCUT2D eigenvalue weighted by atomic mass is 127. The van der Waals surface area contributed by atoms with Crippen molar-refractivity contribution in [1.82, 2.24) is 20.4 Å². The lowest BCUT2D eigenvalue weighted by Gasteiger charge is -2.19. The van der Waals surface area contributed by atoms with E-state index in [-0.39, 0.29) is 48.4 Å². The van der Waals surface area contributed by atoms with Gasteiger partial charge >= 0.3 is 0 Å². The number of benzene rings is 1. The zero-order chi connectivity index (χ0) is 18.9. The van der Waals surface area contributed by atoms with Gasteiger partial charge in [-0.1, -0.05) is 37.3 Å². The predicted molar refractivity (Wildman–Crippen MR) is 118 cm³/mol. The molecule has 150 valence electrons. The van der Waals surface area contributed by atoms with Crippen molar-refractivity contribution in [2.75, 3.05) is 33.7 Å². The standard InChI is InChI=1S/C19H29N5O2.HI/c1-4-17(25)24-11-10-16(14-24)22-19(21-13-18(26)23(2)3)20-12-15-8-6-5-7-9-15;/h5-9,16H,4,10-14H2,1-3H3,(H2,20,21,22);1H. The Balaban J connectivity index is 0.00000364. The Hall–Kier alpha value is -1.84. The first-order chi connectivity index (χ1) is 12.5. The van der Waals surface area contributed by atoms with Gasteiger partial charge in [0, 0.05) is 39.6 Å². The highest BCUT2D eigenvalue weighted by Crippen LogP contribution is 2.10. The zero-order valence-corrected chi connectivity index (χ0v) is 18.6. The molecule has 0 aromatic heterocycles. The summed E-state index contributed by atoms with van der Waals surface area (Å²) in [7, 11) is 3.45. The molecule has 1 aliphatic heterocycles. The Bertz CT molecular complexity index is 636. The largest absolute Gasteiger partial charge is 0.352 e. The molecule has 1 heterocycles. The second-order valence-electron chi connectivity index (χ2n) is 6.62. The molecule has 2 rings (SSSR count). The van der Waals surface area contributed by atoms with Crippen molar-refractivity contribution in [2.45, 2.75) is 32.4 Å². The third-order valence-electron chi connectivity index (χ3n) is 4.35. The van der Waals surface area contributed by atoms with E-state index in [4.69, 9.17) is 0 Å². The van der Waals surface area contributed by atoms with E-state index in [1.54, 1.807) is 19.0 Å². The van der Waals surface area contributed by atoms with Gasteiger partial charge < -0.3 is 20.4 Å². The summed E-state index contributed by atoms with van der Waals surface area (Å²) < 4.78 is 0.